The normalized spacial score (nSPS) is 19.4. The van der Waals surface area contributed by atoms with Gasteiger partial charge in [-0.1, -0.05) is 36.4 Å². The number of para-hydroxylation sites is 1. The van der Waals surface area contributed by atoms with Crippen molar-refractivity contribution in [3.8, 4) is 5.75 Å². The summed E-state index contributed by atoms with van der Waals surface area (Å²) in [5.41, 5.74) is 0.470. The number of fused-ring (bicyclic) bond motifs is 1. The van der Waals surface area contributed by atoms with Crippen molar-refractivity contribution in [3.63, 3.8) is 0 Å². The van der Waals surface area contributed by atoms with Crippen LogP contribution in [0.3, 0.4) is 0 Å². The fourth-order valence-corrected chi connectivity index (χ4v) is 4.36. The Morgan fingerprint density at radius 1 is 1.17 bits per heavy atom. The van der Waals surface area contributed by atoms with Crippen molar-refractivity contribution in [2.24, 2.45) is 0 Å². The molecular weight excluding hydrogens is 329 g/mol. The molecule has 0 bridgehead atoms. The Morgan fingerprint density at radius 3 is 2.58 bits per heavy atom. The van der Waals surface area contributed by atoms with Crippen molar-refractivity contribution in [2.75, 3.05) is 0 Å². The van der Waals surface area contributed by atoms with Crippen LogP contribution in [0.25, 0.3) is 0 Å². The third-order valence-electron chi connectivity index (χ3n) is 4.00. The lowest BCUT2D eigenvalue weighted by molar-refractivity contribution is 0.0702. The zero-order valence-corrected chi connectivity index (χ0v) is 14.4. The molecule has 0 saturated heterocycles. The van der Waals surface area contributed by atoms with Crippen molar-refractivity contribution in [1.82, 2.24) is 4.72 Å². The SMILES string of the molecule is CC1(C)CC(NS(=O)(=O)Cc2ccccc2F)c2ccccc2O1. The minimum Gasteiger partial charge on any atom is -0.487 e. The highest BCUT2D eigenvalue weighted by Gasteiger charge is 2.35. The van der Waals surface area contributed by atoms with Crippen LogP contribution in [0.5, 0.6) is 5.75 Å². The fraction of sp³-hybridized carbons (Fsp3) is 0.333. The first-order valence-electron chi connectivity index (χ1n) is 7.77. The lowest BCUT2D eigenvalue weighted by atomic mass is 9.90. The van der Waals surface area contributed by atoms with Gasteiger partial charge in [-0.25, -0.2) is 17.5 Å². The van der Waals surface area contributed by atoms with E-state index in [-0.39, 0.29) is 11.3 Å². The molecule has 128 valence electrons. The predicted molar refractivity (Wildman–Crippen MR) is 90.7 cm³/mol. The minimum absolute atomic E-state index is 0.157. The predicted octanol–water partition coefficient (Wildman–Crippen LogP) is 3.55. The number of hydrogen-bond donors (Lipinski definition) is 1. The van der Waals surface area contributed by atoms with E-state index in [9.17, 15) is 12.8 Å². The van der Waals surface area contributed by atoms with E-state index >= 15 is 0 Å². The number of hydrogen-bond acceptors (Lipinski definition) is 3. The summed E-state index contributed by atoms with van der Waals surface area (Å²) in [7, 11) is -3.70. The van der Waals surface area contributed by atoms with Crippen LogP contribution in [0, 0.1) is 5.82 Å². The van der Waals surface area contributed by atoms with Gasteiger partial charge in [-0.05, 0) is 26.0 Å². The summed E-state index contributed by atoms with van der Waals surface area (Å²) in [6, 6.07) is 12.9. The van der Waals surface area contributed by atoms with E-state index in [0.717, 1.165) is 5.56 Å². The summed E-state index contributed by atoms with van der Waals surface area (Å²) in [6.45, 7) is 3.84. The van der Waals surface area contributed by atoms with Crippen LogP contribution in [0.4, 0.5) is 4.39 Å². The molecule has 3 rings (SSSR count). The fourth-order valence-electron chi connectivity index (χ4n) is 2.99. The van der Waals surface area contributed by atoms with Gasteiger partial charge in [-0.15, -0.1) is 0 Å². The minimum atomic E-state index is -3.70. The average molecular weight is 349 g/mol. The van der Waals surface area contributed by atoms with Crippen LogP contribution < -0.4 is 9.46 Å². The molecule has 1 heterocycles. The number of sulfonamides is 1. The maximum atomic E-state index is 13.7. The molecule has 0 aliphatic carbocycles. The van der Waals surface area contributed by atoms with Crippen LogP contribution >= 0.6 is 0 Å². The van der Waals surface area contributed by atoms with Gasteiger partial charge in [-0.2, -0.15) is 0 Å². The van der Waals surface area contributed by atoms with E-state index in [2.05, 4.69) is 4.72 Å². The highest BCUT2D eigenvalue weighted by molar-refractivity contribution is 7.88. The van der Waals surface area contributed by atoms with Crippen molar-refractivity contribution in [2.45, 2.75) is 37.7 Å². The highest BCUT2D eigenvalue weighted by Crippen LogP contribution is 2.39. The van der Waals surface area contributed by atoms with Crippen LogP contribution in [0.15, 0.2) is 48.5 Å². The summed E-state index contributed by atoms with van der Waals surface area (Å²) >= 11 is 0. The van der Waals surface area contributed by atoms with Gasteiger partial charge in [0.05, 0.1) is 11.8 Å². The summed E-state index contributed by atoms with van der Waals surface area (Å²) in [5.74, 6) is -0.234. The Labute approximate surface area is 141 Å². The van der Waals surface area contributed by atoms with Crippen LogP contribution in [0.1, 0.15) is 37.4 Å². The topological polar surface area (TPSA) is 55.4 Å². The molecule has 1 unspecified atom stereocenters. The van der Waals surface area contributed by atoms with Gasteiger partial charge in [-0.3, -0.25) is 0 Å². The zero-order chi connectivity index (χ0) is 17.4. The van der Waals surface area contributed by atoms with Gasteiger partial charge in [0, 0.05) is 17.5 Å². The third-order valence-corrected chi connectivity index (χ3v) is 5.34. The molecule has 2 aromatic rings. The first-order chi connectivity index (χ1) is 11.3. The Balaban J connectivity index is 1.86. The Morgan fingerprint density at radius 2 is 1.83 bits per heavy atom. The van der Waals surface area contributed by atoms with Gasteiger partial charge in [0.2, 0.25) is 10.0 Å². The van der Waals surface area contributed by atoms with E-state index < -0.39 is 27.5 Å². The largest absolute Gasteiger partial charge is 0.487 e. The molecular formula is C18H20FNO3S. The first kappa shape index (κ1) is 16.9. The van der Waals surface area contributed by atoms with Crippen LogP contribution in [-0.2, 0) is 15.8 Å². The number of benzene rings is 2. The van der Waals surface area contributed by atoms with Crippen LogP contribution in [-0.4, -0.2) is 14.0 Å². The molecule has 6 heteroatoms. The molecule has 0 radical (unpaired) electrons. The molecule has 24 heavy (non-hydrogen) atoms. The number of halogens is 1. The smallest absolute Gasteiger partial charge is 0.216 e. The van der Waals surface area contributed by atoms with Crippen molar-refractivity contribution in [3.05, 3.63) is 65.5 Å². The van der Waals surface area contributed by atoms with E-state index in [0.29, 0.717) is 12.2 Å². The lowest BCUT2D eigenvalue weighted by Gasteiger charge is -2.37. The Bertz CT molecular complexity index is 849. The molecule has 0 saturated carbocycles. The molecule has 1 atom stereocenters. The van der Waals surface area contributed by atoms with Gasteiger partial charge in [0.15, 0.2) is 0 Å². The maximum Gasteiger partial charge on any atom is 0.216 e. The first-order valence-corrected chi connectivity index (χ1v) is 9.42. The van der Waals surface area contributed by atoms with Crippen molar-refractivity contribution in [1.29, 1.82) is 0 Å². The van der Waals surface area contributed by atoms with E-state index in [4.69, 9.17) is 4.74 Å². The van der Waals surface area contributed by atoms with Crippen LogP contribution in [0.2, 0.25) is 0 Å². The second-order valence-electron chi connectivity index (χ2n) is 6.62. The van der Waals surface area contributed by atoms with E-state index in [1.54, 1.807) is 6.07 Å². The van der Waals surface area contributed by atoms with E-state index in [1.807, 2.05) is 38.1 Å². The average Bonchev–Trinajstić information content (AvgIpc) is 2.48. The molecule has 0 aromatic heterocycles. The quantitative estimate of drug-likeness (QED) is 0.918. The van der Waals surface area contributed by atoms with E-state index in [1.165, 1.54) is 18.2 Å². The summed E-state index contributed by atoms with van der Waals surface area (Å²) in [4.78, 5) is 0. The van der Waals surface area contributed by atoms with Gasteiger partial charge < -0.3 is 4.74 Å². The van der Waals surface area contributed by atoms with Crippen molar-refractivity contribution >= 4 is 10.0 Å². The maximum absolute atomic E-state index is 13.7. The standard InChI is InChI=1S/C18H20FNO3S/c1-18(2)11-16(14-8-4-6-10-17(14)23-18)20-24(21,22)12-13-7-3-5-9-15(13)19/h3-10,16,20H,11-12H2,1-2H3. The Kier molecular flexibility index (Phi) is 4.36. The molecule has 1 aliphatic heterocycles. The molecule has 4 nitrogen and oxygen atoms in total. The molecule has 2 aromatic carbocycles. The van der Waals surface area contributed by atoms with Gasteiger partial charge in [0.1, 0.15) is 17.2 Å². The lowest BCUT2D eigenvalue weighted by Crippen LogP contribution is -2.41. The number of rotatable bonds is 4. The number of nitrogens with one attached hydrogen (secondary N) is 1. The van der Waals surface area contributed by atoms with Crippen molar-refractivity contribution < 1.29 is 17.5 Å². The third kappa shape index (κ3) is 3.76. The monoisotopic (exact) mass is 349 g/mol. The van der Waals surface area contributed by atoms with Gasteiger partial charge in [0.25, 0.3) is 0 Å². The summed E-state index contributed by atoms with van der Waals surface area (Å²) in [5, 5.41) is 0. The second-order valence-corrected chi connectivity index (χ2v) is 8.38. The highest BCUT2D eigenvalue weighted by atomic mass is 32.2. The molecule has 1 aliphatic rings. The summed E-state index contributed by atoms with van der Waals surface area (Å²) in [6.07, 6.45) is 0.501. The zero-order valence-electron chi connectivity index (χ0n) is 13.6. The molecule has 1 N–H and O–H groups in total. The summed E-state index contributed by atoms with van der Waals surface area (Å²) < 4.78 is 47.4. The van der Waals surface area contributed by atoms with Gasteiger partial charge >= 0.3 is 0 Å². The molecule has 0 fully saturated rings. The Hall–Kier alpha value is -1.92. The molecule has 0 spiro atoms. The number of ether oxygens (including phenoxy) is 1. The second kappa shape index (κ2) is 6.18. The molecule has 0 amide bonds.